The van der Waals surface area contributed by atoms with Gasteiger partial charge in [-0.05, 0) is 55.2 Å². The lowest BCUT2D eigenvalue weighted by atomic mass is 9.86. The molecule has 0 aromatic heterocycles. The maximum Gasteiger partial charge on any atom is 0.304 e. The van der Waals surface area contributed by atoms with Crippen molar-refractivity contribution >= 4 is 22.5 Å². The fourth-order valence-electron chi connectivity index (χ4n) is 4.53. The number of nitrogens with zero attached hydrogens (tertiary/aromatic N) is 1. The Morgan fingerprint density at radius 2 is 1.72 bits per heavy atom. The van der Waals surface area contributed by atoms with Crippen molar-refractivity contribution in [3.05, 3.63) is 94.5 Å². The van der Waals surface area contributed by atoms with Gasteiger partial charge in [0.2, 0.25) is 0 Å². The van der Waals surface area contributed by atoms with E-state index in [2.05, 4.69) is 0 Å². The number of aryl methyl sites for hydroxylation is 1. The van der Waals surface area contributed by atoms with Gasteiger partial charge >= 0.3 is 5.97 Å². The molecule has 2 unspecified atom stereocenters. The second-order valence-corrected chi connectivity index (χ2v) is 11.2. The molecular formula is C28H31NO6S. The number of para-hydroxylation sites is 1. The number of carboxylic acid groups (broad SMARTS) is 1. The van der Waals surface area contributed by atoms with E-state index in [-0.39, 0.29) is 24.9 Å². The van der Waals surface area contributed by atoms with Crippen LogP contribution in [0.2, 0.25) is 0 Å². The molecule has 0 aliphatic carbocycles. The zero-order valence-electron chi connectivity index (χ0n) is 20.5. The molecule has 1 aliphatic rings. The van der Waals surface area contributed by atoms with Crippen LogP contribution in [0, 0.1) is 6.92 Å². The Balaban J connectivity index is 1.70. The van der Waals surface area contributed by atoms with Crippen molar-refractivity contribution in [2.75, 3.05) is 6.54 Å². The summed E-state index contributed by atoms with van der Waals surface area (Å²) in [6.07, 6.45) is -0.373. The molecule has 4 rings (SSSR count). The lowest BCUT2D eigenvalue weighted by Gasteiger charge is -2.42. The average molecular weight is 510 g/mol. The highest BCUT2D eigenvalue weighted by molar-refractivity contribution is 8.22. The number of carbonyl (C=O) groups excluding carboxylic acids is 1. The molecule has 2 atom stereocenters. The number of carbonyl (C=O) groups is 2. The van der Waals surface area contributed by atoms with Crippen molar-refractivity contribution < 1.29 is 28.5 Å². The van der Waals surface area contributed by atoms with Crippen LogP contribution in [-0.2, 0) is 11.3 Å². The summed E-state index contributed by atoms with van der Waals surface area (Å²) in [5, 5.41) is 9.62. The van der Waals surface area contributed by atoms with Crippen LogP contribution in [0.25, 0.3) is 0 Å². The van der Waals surface area contributed by atoms with Crippen LogP contribution in [0.3, 0.4) is 0 Å². The number of carboxylic acids is 1. The first-order valence-electron chi connectivity index (χ1n) is 11.8. The van der Waals surface area contributed by atoms with Gasteiger partial charge in [-0.3, -0.25) is 18.7 Å². The zero-order valence-corrected chi connectivity index (χ0v) is 21.4. The molecule has 0 amide bonds. The van der Waals surface area contributed by atoms with Gasteiger partial charge in [-0.15, -0.1) is 10.8 Å². The van der Waals surface area contributed by atoms with Gasteiger partial charge in [-0.2, -0.15) is 4.31 Å². The summed E-state index contributed by atoms with van der Waals surface area (Å²) in [5.41, 5.74) is 4.01. The third-order valence-electron chi connectivity index (χ3n) is 6.51. The van der Waals surface area contributed by atoms with E-state index in [4.69, 9.17) is 4.74 Å². The van der Waals surface area contributed by atoms with Gasteiger partial charge in [-0.1, -0.05) is 54.6 Å². The Bertz CT molecular complexity index is 1270. The van der Waals surface area contributed by atoms with Crippen LogP contribution in [0.15, 0.2) is 71.6 Å². The number of hydrogen-bond donors (Lipinski definition) is 3. The summed E-state index contributed by atoms with van der Waals surface area (Å²) in [6.45, 7) is 5.90. The van der Waals surface area contributed by atoms with Gasteiger partial charge in [0.1, 0.15) is 16.7 Å². The predicted molar refractivity (Wildman–Crippen MR) is 140 cm³/mol. The van der Waals surface area contributed by atoms with Crippen molar-refractivity contribution in [2.45, 2.75) is 50.7 Å². The van der Waals surface area contributed by atoms with Crippen molar-refractivity contribution in [1.29, 1.82) is 0 Å². The highest BCUT2D eigenvalue weighted by Crippen LogP contribution is 2.57. The van der Waals surface area contributed by atoms with E-state index in [1.54, 1.807) is 52.8 Å². The number of aliphatic carboxylic acids is 1. The Morgan fingerprint density at radius 3 is 2.39 bits per heavy atom. The zero-order chi connectivity index (χ0) is 26.0. The molecule has 0 bridgehead atoms. The van der Waals surface area contributed by atoms with E-state index < -0.39 is 22.7 Å². The Kier molecular flexibility index (Phi) is 7.51. The summed E-state index contributed by atoms with van der Waals surface area (Å²) in [6, 6.07) is 19.8. The van der Waals surface area contributed by atoms with Gasteiger partial charge in [0.25, 0.3) is 0 Å². The molecule has 0 saturated carbocycles. The van der Waals surface area contributed by atoms with Gasteiger partial charge < -0.3 is 9.84 Å². The summed E-state index contributed by atoms with van der Waals surface area (Å²) < 4.78 is 30.1. The molecule has 0 saturated heterocycles. The van der Waals surface area contributed by atoms with Crippen molar-refractivity contribution in [2.24, 2.45) is 0 Å². The van der Waals surface area contributed by atoms with Gasteiger partial charge in [0, 0.05) is 18.0 Å². The molecule has 3 aromatic rings. The molecular weight excluding hydrogens is 478 g/mol. The SMILES string of the molecule is CC(=O)c1ccc(C(CC(=O)O)c2ccc(C)c(CN3CC(C)Oc4ccccc4S3(O)O)c2)cc1. The smallest absolute Gasteiger partial charge is 0.304 e. The molecule has 190 valence electrons. The van der Waals surface area contributed by atoms with Crippen LogP contribution in [0.5, 0.6) is 5.75 Å². The highest BCUT2D eigenvalue weighted by Gasteiger charge is 2.34. The van der Waals surface area contributed by atoms with E-state index >= 15 is 0 Å². The second kappa shape index (κ2) is 10.4. The summed E-state index contributed by atoms with van der Waals surface area (Å²) >= 11 is 0. The maximum absolute atomic E-state index is 11.7. The monoisotopic (exact) mass is 509 g/mol. The van der Waals surface area contributed by atoms with Crippen LogP contribution in [0.1, 0.15) is 58.8 Å². The molecule has 1 heterocycles. The quantitative estimate of drug-likeness (QED) is 0.330. The highest BCUT2D eigenvalue weighted by atomic mass is 32.3. The van der Waals surface area contributed by atoms with Crippen LogP contribution >= 0.6 is 10.8 Å². The second-order valence-electron chi connectivity index (χ2n) is 9.23. The summed E-state index contributed by atoms with van der Waals surface area (Å²) in [5.74, 6) is -0.934. The number of ketones is 1. The standard InChI is InChI=1S/C28H31NO6S/c1-18-8-9-23(25(15-28(31)32)22-12-10-21(11-13-22)20(3)30)14-24(18)17-29-16-19(2)35-26-6-4-5-7-27(26)36(29,33)34/h4-14,19,25,33-34H,15-17H2,1-3H3,(H,31,32). The third-order valence-corrected chi connectivity index (χ3v) is 8.44. The predicted octanol–water partition coefficient (Wildman–Crippen LogP) is 6.11. The number of Topliss-reactive ketones (excluding diaryl/α,β-unsaturated/α-hetero) is 1. The van der Waals surface area contributed by atoms with Crippen molar-refractivity contribution in [3.63, 3.8) is 0 Å². The molecule has 3 N–H and O–H groups in total. The van der Waals surface area contributed by atoms with E-state index in [0.717, 1.165) is 22.3 Å². The minimum atomic E-state index is -3.30. The number of ether oxygens (including phenoxy) is 1. The average Bonchev–Trinajstić information content (AvgIpc) is 2.92. The third kappa shape index (κ3) is 5.47. The molecule has 0 radical (unpaired) electrons. The number of benzene rings is 3. The number of hydrogen-bond acceptors (Lipinski definition) is 6. The largest absolute Gasteiger partial charge is 0.487 e. The lowest BCUT2D eigenvalue weighted by Crippen LogP contribution is -2.33. The molecule has 0 fully saturated rings. The fourth-order valence-corrected chi connectivity index (χ4v) is 6.20. The first-order chi connectivity index (χ1) is 17.1. The number of rotatable bonds is 7. The molecule has 1 aliphatic heterocycles. The Hall–Kier alpha value is -3.17. The van der Waals surface area contributed by atoms with Gasteiger partial charge in [-0.25, -0.2) is 0 Å². The van der Waals surface area contributed by atoms with Crippen LogP contribution in [0.4, 0.5) is 0 Å². The van der Waals surface area contributed by atoms with Crippen LogP contribution in [-0.4, -0.2) is 42.9 Å². The maximum atomic E-state index is 11.7. The fraction of sp³-hybridized carbons (Fsp3) is 0.286. The van der Waals surface area contributed by atoms with E-state index in [9.17, 15) is 23.8 Å². The summed E-state index contributed by atoms with van der Waals surface area (Å²) in [4.78, 5) is 23.8. The van der Waals surface area contributed by atoms with Crippen molar-refractivity contribution in [3.8, 4) is 5.75 Å². The normalized spacial score (nSPS) is 18.9. The number of fused-ring (bicyclic) bond motifs is 1. The minimum Gasteiger partial charge on any atom is -0.487 e. The van der Waals surface area contributed by atoms with E-state index in [0.29, 0.717) is 22.8 Å². The first-order valence-corrected chi connectivity index (χ1v) is 13.3. The molecule has 3 aromatic carbocycles. The Morgan fingerprint density at radius 1 is 1.06 bits per heavy atom. The van der Waals surface area contributed by atoms with Crippen LogP contribution < -0.4 is 4.74 Å². The molecule has 7 nitrogen and oxygen atoms in total. The summed E-state index contributed by atoms with van der Waals surface area (Å²) in [7, 11) is -3.30. The Labute approximate surface area is 212 Å². The minimum absolute atomic E-state index is 0.0508. The molecule has 36 heavy (non-hydrogen) atoms. The van der Waals surface area contributed by atoms with Crippen molar-refractivity contribution in [1.82, 2.24) is 4.31 Å². The molecule has 0 spiro atoms. The molecule has 8 heteroatoms. The van der Waals surface area contributed by atoms with E-state index in [1.165, 1.54) is 6.92 Å². The lowest BCUT2D eigenvalue weighted by molar-refractivity contribution is -0.137. The van der Waals surface area contributed by atoms with E-state index in [1.807, 2.05) is 32.0 Å². The van der Waals surface area contributed by atoms with Gasteiger partial charge in [0.15, 0.2) is 5.78 Å². The topological polar surface area (TPSA) is 107 Å². The van der Waals surface area contributed by atoms with Gasteiger partial charge in [0.05, 0.1) is 13.0 Å². The first kappa shape index (κ1) is 25.9.